The van der Waals surface area contributed by atoms with E-state index in [1.54, 1.807) is 6.92 Å². The van der Waals surface area contributed by atoms with Gasteiger partial charge in [-0.2, -0.15) is 4.98 Å². The summed E-state index contributed by atoms with van der Waals surface area (Å²) < 4.78 is 5.44. The molecule has 0 saturated carbocycles. The van der Waals surface area contributed by atoms with Crippen LogP contribution in [0, 0.1) is 17.0 Å². The molecule has 1 aromatic heterocycles. The molecule has 1 fully saturated rings. The van der Waals surface area contributed by atoms with Gasteiger partial charge in [-0.3, -0.25) is 10.1 Å². The molecular formula is C11H15ClN4O3. The fourth-order valence-corrected chi connectivity index (χ4v) is 2.39. The molecule has 7 nitrogen and oxygen atoms in total. The maximum absolute atomic E-state index is 11.1. The Kier molecular flexibility index (Phi) is 4.16. The molecule has 104 valence electrons. The Morgan fingerprint density at radius 1 is 1.53 bits per heavy atom. The lowest BCUT2D eigenvalue weighted by atomic mass is 10.0. The smallest absolute Gasteiger partial charge is 0.332 e. The fraction of sp³-hybridized carbons (Fsp3) is 0.636. The molecule has 2 atom stereocenters. The Bertz CT molecular complexity index is 497. The van der Waals surface area contributed by atoms with Crippen molar-refractivity contribution in [3.05, 3.63) is 21.1 Å². The zero-order chi connectivity index (χ0) is 14.0. The molecular weight excluding hydrogens is 272 g/mol. The van der Waals surface area contributed by atoms with Crippen molar-refractivity contribution in [3.63, 3.8) is 0 Å². The lowest BCUT2D eigenvalue weighted by Crippen LogP contribution is -2.33. The summed E-state index contributed by atoms with van der Waals surface area (Å²) in [4.78, 5) is 18.3. The van der Waals surface area contributed by atoms with Crippen molar-refractivity contribution in [3.8, 4) is 0 Å². The molecule has 2 rings (SSSR count). The first-order valence-corrected chi connectivity index (χ1v) is 6.42. The van der Waals surface area contributed by atoms with Crippen LogP contribution in [-0.2, 0) is 4.74 Å². The Morgan fingerprint density at radius 3 is 2.89 bits per heavy atom. The second-order valence-corrected chi connectivity index (χ2v) is 4.92. The van der Waals surface area contributed by atoms with Gasteiger partial charge in [-0.05, 0) is 38.3 Å². The minimum atomic E-state index is -0.489. The van der Waals surface area contributed by atoms with Gasteiger partial charge in [0.25, 0.3) is 0 Å². The molecule has 2 heterocycles. The Balaban J connectivity index is 2.25. The molecule has 1 saturated heterocycles. The molecule has 2 unspecified atom stereocenters. The lowest BCUT2D eigenvalue weighted by molar-refractivity contribution is -0.385. The van der Waals surface area contributed by atoms with Crippen LogP contribution in [0.5, 0.6) is 0 Å². The fourth-order valence-electron chi connectivity index (χ4n) is 2.17. The number of nitro groups is 1. The van der Waals surface area contributed by atoms with Gasteiger partial charge in [0.15, 0.2) is 0 Å². The monoisotopic (exact) mass is 286 g/mol. The van der Waals surface area contributed by atoms with Crippen molar-refractivity contribution in [2.45, 2.75) is 38.8 Å². The van der Waals surface area contributed by atoms with E-state index in [0.29, 0.717) is 6.61 Å². The highest BCUT2D eigenvalue weighted by atomic mass is 35.5. The molecule has 8 heteroatoms. The molecule has 1 N–H and O–H groups in total. The number of aromatic nitrogens is 2. The lowest BCUT2D eigenvalue weighted by Gasteiger charge is -2.28. The van der Waals surface area contributed by atoms with Gasteiger partial charge >= 0.3 is 5.69 Å². The van der Waals surface area contributed by atoms with Crippen LogP contribution < -0.4 is 5.32 Å². The van der Waals surface area contributed by atoms with Gasteiger partial charge in [-0.15, -0.1) is 0 Å². The topological polar surface area (TPSA) is 90.2 Å². The molecule has 19 heavy (non-hydrogen) atoms. The van der Waals surface area contributed by atoms with Crippen molar-refractivity contribution in [2.75, 3.05) is 11.9 Å². The summed E-state index contributed by atoms with van der Waals surface area (Å²) in [6.07, 6.45) is 1.68. The van der Waals surface area contributed by atoms with E-state index in [2.05, 4.69) is 15.3 Å². The Hall–Kier alpha value is -1.47. The number of hydrogen-bond acceptors (Lipinski definition) is 6. The van der Waals surface area contributed by atoms with Crippen molar-refractivity contribution >= 4 is 23.1 Å². The summed E-state index contributed by atoms with van der Waals surface area (Å²) in [5.74, 6) is 0.182. The predicted octanol–water partition coefficient (Wildman–Crippen LogP) is 2.33. The first-order valence-electron chi connectivity index (χ1n) is 6.04. The van der Waals surface area contributed by atoms with E-state index in [1.165, 1.54) is 0 Å². The molecule has 0 amide bonds. The Labute approximate surface area is 115 Å². The highest BCUT2D eigenvalue weighted by Crippen LogP contribution is 2.28. The zero-order valence-electron chi connectivity index (χ0n) is 10.7. The standard InChI is InChI=1S/C11H15ClN4O3/c1-6-5-8(3-4-19-6)14-10-9(16(17)18)7(2)13-11(12)15-10/h6,8H,3-5H2,1-2H3,(H,13,14,15). The number of nitrogens with zero attached hydrogens (tertiary/aromatic N) is 3. The zero-order valence-corrected chi connectivity index (χ0v) is 11.5. The number of rotatable bonds is 3. The SMILES string of the molecule is Cc1nc(Cl)nc(NC2CCOC(C)C2)c1[N+](=O)[O-]. The second kappa shape index (κ2) is 5.66. The first kappa shape index (κ1) is 14.0. The number of hydrogen-bond donors (Lipinski definition) is 1. The minimum Gasteiger partial charge on any atom is -0.378 e. The summed E-state index contributed by atoms with van der Waals surface area (Å²) in [5, 5.41) is 14.2. The molecule has 0 aromatic carbocycles. The van der Waals surface area contributed by atoms with Crippen molar-refractivity contribution in [2.24, 2.45) is 0 Å². The van der Waals surface area contributed by atoms with Crippen LogP contribution >= 0.6 is 11.6 Å². The molecule has 0 radical (unpaired) electrons. The van der Waals surface area contributed by atoms with Crippen LogP contribution in [0.25, 0.3) is 0 Å². The highest BCUT2D eigenvalue weighted by Gasteiger charge is 2.26. The van der Waals surface area contributed by atoms with E-state index >= 15 is 0 Å². The van der Waals surface area contributed by atoms with E-state index < -0.39 is 4.92 Å². The van der Waals surface area contributed by atoms with Crippen LogP contribution in [0.3, 0.4) is 0 Å². The van der Waals surface area contributed by atoms with E-state index in [-0.39, 0.29) is 34.6 Å². The van der Waals surface area contributed by atoms with Crippen LogP contribution in [0.4, 0.5) is 11.5 Å². The van der Waals surface area contributed by atoms with Gasteiger partial charge in [0, 0.05) is 12.6 Å². The summed E-state index contributed by atoms with van der Waals surface area (Å²) >= 11 is 5.76. The van der Waals surface area contributed by atoms with Gasteiger partial charge in [0.1, 0.15) is 5.69 Å². The summed E-state index contributed by atoms with van der Waals surface area (Å²) in [6, 6.07) is 0.0906. The highest BCUT2D eigenvalue weighted by molar-refractivity contribution is 6.28. The van der Waals surface area contributed by atoms with Gasteiger partial charge in [-0.25, -0.2) is 4.98 Å². The number of anilines is 1. The average Bonchev–Trinajstić information content (AvgIpc) is 2.26. The third-order valence-electron chi connectivity index (χ3n) is 3.04. The Morgan fingerprint density at radius 2 is 2.26 bits per heavy atom. The second-order valence-electron chi connectivity index (χ2n) is 4.58. The maximum Gasteiger partial charge on any atom is 0.332 e. The summed E-state index contributed by atoms with van der Waals surface area (Å²) in [5.41, 5.74) is 0.135. The third-order valence-corrected chi connectivity index (χ3v) is 3.21. The molecule has 1 aromatic rings. The van der Waals surface area contributed by atoms with E-state index in [0.717, 1.165) is 12.8 Å². The number of aryl methyl sites for hydroxylation is 1. The van der Waals surface area contributed by atoms with Crippen LogP contribution in [0.1, 0.15) is 25.5 Å². The van der Waals surface area contributed by atoms with Gasteiger partial charge < -0.3 is 10.1 Å². The first-order chi connectivity index (χ1) is 8.97. The van der Waals surface area contributed by atoms with Gasteiger partial charge in [0.2, 0.25) is 11.1 Å². The van der Waals surface area contributed by atoms with E-state index in [9.17, 15) is 10.1 Å². The maximum atomic E-state index is 11.1. The van der Waals surface area contributed by atoms with Crippen LogP contribution in [0.15, 0.2) is 0 Å². The molecule has 0 bridgehead atoms. The summed E-state index contributed by atoms with van der Waals surface area (Å²) in [6.45, 7) is 4.15. The van der Waals surface area contributed by atoms with Gasteiger partial charge in [-0.1, -0.05) is 0 Å². The van der Waals surface area contributed by atoms with Crippen molar-refractivity contribution < 1.29 is 9.66 Å². The van der Waals surface area contributed by atoms with Gasteiger partial charge in [0.05, 0.1) is 11.0 Å². The quantitative estimate of drug-likeness (QED) is 0.521. The molecule has 0 aliphatic carbocycles. The third kappa shape index (κ3) is 3.30. The molecule has 1 aliphatic rings. The largest absolute Gasteiger partial charge is 0.378 e. The number of nitrogens with one attached hydrogen (secondary N) is 1. The van der Waals surface area contributed by atoms with Crippen LogP contribution in [0.2, 0.25) is 5.28 Å². The van der Waals surface area contributed by atoms with Crippen molar-refractivity contribution in [1.82, 2.24) is 9.97 Å². The van der Waals surface area contributed by atoms with Crippen LogP contribution in [-0.4, -0.2) is 33.6 Å². The van der Waals surface area contributed by atoms with Crippen molar-refractivity contribution in [1.29, 1.82) is 0 Å². The van der Waals surface area contributed by atoms with E-state index in [1.807, 2.05) is 6.92 Å². The summed E-state index contributed by atoms with van der Waals surface area (Å²) in [7, 11) is 0. The normalized spacial score (nSPS) is 23.1. The number of ether oxygens (including phenoxy) is 1. The minimum absolute atomic E-state index is 0.00529. The van der Waals surface area contributed by atoms with E-state index in [4.69, 9.17) is 16.3 Å². The predicted molar refractivity (Wildman–Crippen MR) is 70.5 cm³/mol. The average molecular weight is 287 g/mol. The number of halogens is 1. The molecule has 1 aliphatic heterocycles. The molecule has 0 spiro atoms.